The third-order valence-corrected chi connectivity index (χ3v) is 6.97. The maximum absolute atomic E-state index is 12.7. The first-order valence-electron chi connectivity index (χ1n) is 10.9. The fourth-order valence-electron chi connectivity index (χ4n) is 5.28. The summed E-state index contributed by atoms with van der Waals surface area (Å²) in [7, 11) is 2.11. The number of nitrogens with zero attached hydrogens (tertiary/aromatic N) is 5. The number of piperazine rings is 1. The first kappa shape index (κ1) is 17.7. The van der Waals surface area contributed by atoms with Crippen molar-refractivity contribution >= 4 is 22.8 Å². The van der Waals surface area contributed by atoms with Crippen molar-refractivity contribution in [3.8, 4) is 0 Å². The molecule has 0 spiro atoms. The second kappa shape index (κ2) is 6.67. The molecule has 5 heterocycles. The fourth-order valence-corrected chi connectivity index (χ4v) is 5.28. The summed E-state index contributed by atoms with van der Waals surface area (Å²) in [6, 6.07) is 2.75. The number of aromatic nitrogens is 3. The van der Waals surface area contributed by atoms with Gasteiger partial charge in [-0.1, -0.05) is 0 Å². The lowest BCUT2D eigenvalue weighted by atomic mass is 10.1. The number of aromatic amines is 1. The Balaban J connectivity index is 1.28. The smallest absolute Gasteiger partial charge is 0.226 e. The third kappa shape index (κ3) is 3.00. The monoisotopic (exact) mass is 396 g/mol. The molecule has 1 aliphatic carbocycles. The van der Waals surface area contributed by atoms with E-state index in [0.29, 0.717) is 23.9 Å². The van der Waals surface area contributed by atoms with E-state index in [1.54, 1.807) is 0 Å². The number of amides is 1. The number of hydrogen-bond donors (Lipinski definition) is 1. The molecule has 1 amide bonds. The van der Waals surface area contributed by atoms with E-state index < -0.39 is 0 Å². The minimum Gasteiger partial charge on any atom is -0.368 e. The number of nitrogens with one attached hydrogen (secondary N) is 1. The minimum absolute atomic E-state index is 0.0417. The molecule has 3 unspecified atom stereocenters. The van der Waals surface area contributed by atoms with Crippen LogP contribution in [-0.4, -0.2) is 82.6 Å². The Morgan fingerprint density at radius 3 is 2.69 bits per heavy atom. The zero-order valence-corrected chi connectivity index (χ0v) is 16.9. The first-order valence-corrected chi connectivity index (χ1v) is 10.9. The van der Waals surface area contributed by atoms with Gasteiger partial charge in [0.1, 0.15) is 17.4 Å². The summed E-state index contributed by atoms with van der Waals surface area (Å²) in [5, 5.41) is 0. The van der Waals surface area contributed by atoms with Crippen molar-refractivity contribution in [3.05, 3.63) is 18.1 Å². The summed E-state index contributed by atoms with van der Waals surface area (Å²) in [6.07, 6.45) is 6.20. The van der Waals surface area contributed by atoms with Gasteiger partial charge in [0.05, 0.1) is 12.3 Å². The molecule has 0 aromatic carbocycles. The molecular formula is C21H28N6O2. The van der Waals surface area contributed by atoms with Gasteiger partial charge in [-0.15, -0.1) is 0 Å². The fraction of sp³-hybridized carbons (Fsp3) is 0.667. The lowest BCUT2D eigenvalue weighted by Crippen LogP contribution is -2.56. The highest BCUT2D eigenvalue weighted by Gasteiger charge is 2.46. The van der Waals surface area contributed by atoms with Gasteiger partial charge in [-0.3, -0.25) is 4.79 Å². The van der Waals surface area contributed by atoms with Crippen LogP contribution in [0.2, 0.25) is 0 Å². The number of carbonyl (C=O) groups is 1. The van der Waals surface area contributed by atoms with Crippen LogP contribution in [0.4, 0.5) is 5.69 Å². The van der Waals surface area contributed by atoms with E-state index >= 15 is 0 Å². The Hall–Kier alpha value is -2.19. The lowest BCUT2D eigenvalue weighted by molar-refractivity contribution is -0.135. The molecule has 29 heavy (non-hydrogen) atoms. The Bertz CT molecular complexity index is 926. The molecule has 2 aromatic rings. The summed E-state index contributed by atoms with van der Waals surface area (Å²) in [6.45, 7) is 4.29. The van der Waals surface area contributed by atoms with Crippen molar-refractivity contribution in [1.82, 2.24) is 24.8 Å². The number of carbonyl (C=O) groups excluding carboxylic acids is 1. The standard InChI is InChI=1S/C21H28N6O2/c1-25-8-9-29-17(12-25)19-23-18-16(6-7-22-20(18)24-19)26-10-14-4-5-15(11-26)27(14)21(28)13-2-3-13/h6-7,13-15,17H,2-5,8-12H2,1H3,(H,22,23,24). The third-order valence-electron chi connectivity index (χ3n) is 6.97. The molecule has 154 valence electrons. The number of likely N-dealkylation sites (N-methyl/N-ethyl adjacent to an activating group) is 1. The van der Waals surface area contributed by atoms with E-state index in [1.807, 2.05) is 6.20 Å². The van der Waals surface area contributed by atoms with E-state index in [2.05, 4.69) is 37.8 Å². The average molecular weight is 396 g/mol. The molecule has 3 aliphatic heterocycles. The number of rotatable bonds is 3. The van der Waals surface area contributed by atoms with Crippen molar-refractivity contribution in [2.45, 2.75) is 43.9 Å². The van der Waals surface area contributed by atoms with Crippen molar-refractivity contribution in [2.24, 2.45) is 5.92 Å². The van der Waals surface area contributed by atoms with E-state index in [1.165, 1.54) is 0 Å². The van der Waals surface area contributed by atoms with Crippen LogP contribution in [0.3, 0.4) is 0 Å². The molecule has 3 atom stereocenters. The minimum atomic E-state index is -0.0417. The van der Waals surface area contributed by atoms with Gasteiger partial charge in [0.2, 0.25) is 5.91 Å². The Kier molecular flexibility index (Phi) is 4.06. The Morgan fingerprint density at radius 2 is 1.97 bits per heavy atom. The average Bonchev–Trinajstić information content (AvgIpc) is 3.43. The van der Waals surface area contributed by atoms with E-state index in [4.69, 9.17) is 9.72 Å². The van der Waals surface area contributed by atoms with Crippen molar-refractivity contribution in [2.75, 3.05) is 44.7 Å². The van der Waals surface area contributed by atoms with Crippen LogP contribution in [-0.2, 0) is 9.53 Å². The summed E-state index contributed by atoms with van der Waals surface area (Å²) >= 11 is 0. The number of ether oxygens (including phenoxy) is 1. The molecule has 1 N–H and O–H groups in total. The number of H-pyrrole nitrogens is 1. The molecule has 3 saturated heterocycles. The van der Waals surface area contributed by atoms with Gasteiger partial charge in [-0.25, -0.2) is 9.97 Å². The Morgan fingerprint density at radius 1 is 1.17 bits per heavy atom. The molecular weight excluding hydrogens is 368 g/mol. The van der Waals surface area contributed by atoms with Crippen LogP contribution in [0.15, 0.2) is 12.3 Å². The van der Waals surface area contributed by atoms with Crippen LogP contribution in [0.1, 0.15) is 37.6 Å². The van der Waals surface area contributed by atoms with E-state index in [9.17, 15) is 4.79 Å². The lowest BCUT2D eigenvalue weighted by Gasteiger charge is -2.42. The maximum atomic E-state index is 12.7. The number of hydrogen-bond acceptors (Lipinski definition) is 6. The highest BCUT2D eigenvalue weighted by molar-refractivity contribution is 5.87. The summed E-state index contributed by atoms with van der Waals surface area (Å²) in [5.41, 5.74) is 2.88. The second-order valence-corrected chi connectivity index (χ2v) is 9.08. The molecule has 1 saturated carbocycles. The van der Waals surface area contributed by atoms with Crippen molar-refractivity contribution in [3.63, 3.8) is 0 Å². The van der Waals surface area contributed by atoms with Crippen molar-refractivity contribution in [1.29, 1.82) is 0 Å². The first-order chi connectivity index (χ1) is 14.2. The van der Waals surface area contributed by atoms with Crippen LogP contribution in [0, 0.1) is 5.92 Å². The van der Waals surface area contributed by atoms with Crippen LogP contribution < -0.4 is 4.90 Å². The van der Waals surface area contributed by atoms with Gasteiger partial charge in [0, 0.05) is 50.4 Å². The van der Waals surface area contributed by atoms with Crippen LogP contribution in [0.5, 0.6) is 0 Å². The molecule has 2 aromatic heterocycles. The molecule has 0 radical (unpaired) electrons. The number of imidazole rings is 1. The molecule has 4 fully saturated rings. The predicted octanol–water partition coefficient (Wildman–Crippen LogP) is 1.55. The van der Waals surface area contributed by atoms with Gasteiger partial charge in [0.25, 0.3) is 0 Å². The predicted molar refractivity (Wildman–Crippen MR) is 109 cm³/mol. The summed E-state index contributed by atoms with van der Waals surface area (Å²) in [5.74, 6) is 1.57. The highest BCUT2D eigenvalue weighted by Crippen LogP contribution is 2.39. The molecule has 2 bridgehead atoms. The SMILES string of the molecule is CN1CCOC(c2nc3nccc(N4CC5CCC(C4)N5C(=O)C4CC4)c3[nH]2)C1. The van der Waals surface area contributed by atoms with E-state index in [-0.39, 0.29) is 6.10 Å². The van der Waals surface area contributed by atoms with Crippen LogP contribution >= 0.6 is 0 Å². The highest BCUT2D eigenvalue weighted by atomic mass is 16.5. The second-order valence-electron chi connectivity index (χ2n) is 9.08. The number of fused-ring (bicyclic) bond motifs is 3. The normalized spacial score (nSPS) is 30.3. The number of anilines is 1. The summed E-state index contributed by atoms with van der Waals surface area (Å²) < 4.78 is 5.94. The summed E-state index contributed by atoms with van der Waals surface area (Å²) in [4.78, 5) is 32.4. The molecule has 8 nitrogen and oxygen atoms in total. The largest absolute Gasteiger partial charge is 0.368 e. The Labute approximate surface area is 170 Å². The molecule has 6 rings (SSSR count). The van der Waals surface area contributed by atoms with Gasteiger partial charge in [-0.2, -0.15) is 0 Å². The quantitative estimate of drug-likeness (QED) is 0.848. The molecule has 8 heteroatoms. The van der Waals surface area contributed by atoms with Gasteiger partial charge < -0.3 is 24.4 Å². The molecule has 4 aliphatic rings. The van der Waals surface area contributed by atoms with Crippen LogP contribution in [0.25, 0.3) is 11.2 Å². The zero-order valence-electron chi connectivity index (χ0n) is 16.9. The van der Waals surface area contributed by atoms with Gasteiger partial charge in [0.15, 0.2) is 5.65 Å². The van der Waals surface area contributed by atoms with Gasteiger partial charge >= 0.3 is 0 Å². The number of pyridine rings is 1. The number of morpholine rings is 1. The van der Waals surface area contributed by atoms with Gasteiger partial charge in [-0.05, 0) is 38.8 Å². The zero-order chi connectivity index (χ0) is 19.5. The maximum Gasteiger partial charge on any atom is 0.226 e. The topological polar surface area (TPSA) is 77.6 Å². The van der Waals surface area contributed by atoms with E-state index in [0.717, 1.165) is 81.1 Å². The van der Waals surface area contributed by atoms with Crippen molar-refractivity contribution < 1.29 is 9.53 Å².